The van der Waals surface area contributed by atoms with Gasteiger partial charge in [-0.3, -0.25) is 14.9 Å². The Morgan fingerprint density at radius 1 is 1.50 bits per heavy atom. The molecular formula is C13H20N4O3. The molecule has 0 unspecified atom stereocenters. The molecule has 1 saturated carbocycles. The van der Waals surface area contributed by atoms with Gasteiger partial charge >= 0.3 is 0 Å². The smallest absolute Gasteiger partial charge is 0.287 e. The maximum Gasteiger partial charge on any atom is 0.287 e. The molecule has 1 amide bonds. The molecule has 0 bridgehead atoms. The average molecular weight is 280 g/mol. The van der Waals surface area contributed by atoms with Gasteiger partial charge < -0.3 is 15.2 Å². The van der Waals surface area contributed by atoms with E-state index >= 15 is 0 Å². The van der Waals surface area contributed by atoms with E-state index in [0.29, 0.717) is 24.8 Å². The lowest BCUT2D eigenvalue weighted by Crippen LogP contribution is -2.35. The van der Waals surface area contributed by atoms with E-state index in [9.17, 15) is 14.9 Å². The SMILES string of the molecule is CC(C)NCCNC(=O)c1cc([N+](=O)[O-])cn1C1CC1. The predicted octanol–water partition coefficient (Wildman–Crippen LogP) is 1.46. The van der Waals surface area contributed by atoms with Crippen LogP contribution in [0.25, 0.3) is 0 Å². The van der Waals surface area contributed by atoms with Crippen LogP contribution in [0.3, 0.4) is 0 Å². The molecule has 0 radical (unpaired) electrons. The fraction of sp³-hybridized carbons (Fsp3) is 0.615. The van der Waals surface area contributed by atoms with Crippen molar-refractivity contribution in [1.82, 2.24) is 15.2 Å². The van der Waals surface area contributed by atoms with Gasteiger partial charge in [-0.2, -0.15) is 0 Å². The second kappa shape index (κ2) is 6.04. The molecule has 1 aromatic heterocycles. The lowest BCUT2D eigenvalue weighted by Gasteiger charge is -2.10. The highest BCUT2D eigenvalue weighted by Gasteiger charge is 2.30. The molecule has 20 heavy (non-hydrogen) atoms. The largest absolute Gasteiger partial charge is 0.349 e. The van der Waals surface area contributed by atoms with E-state index in [0.717, 1.165) is 12.8 Å². The van der Waals surface area contributed by atoms with Crippen LogP contribution in [0, 0.1) is 10.1 Å². The fourth-order valence-corrected chi connectivity index (χ4v) is 2.03. The third-order valence-electron chi connectivity index (χ3n) is 3.18. The van der Waals surface area contributed by atoms with Crippen molar-refractivity contribution in [2.24, 2.45) is 0 Å². The minimum absolute atomic E-state index is 0.0256. The normalized spacial score (nSPS) is 14.6. The van der Waals surface area contributed by atoms with Crippen LogP contribution in [0.2, 0.25) is 0 Å². The van der Waals surface area contributed by atoms with Crippen molar-refractivity contribution in [3.8, 4) is 0 Å². The van der Waals surface area contributed by atoms with Gasteiger partial charge in [0.25, 0.3) is 11.6 Å². The van der Waals surface area contributed by atoms with Gasteiger partial charge in [0.05, 0.1) is 11.1 Å². The first-order valence-corrected chi connectivity index (χ1v) is 6.87. The van der Waals surface area contributed by atoms with Crippen LogP contribution in [-0.2, 0) is 0 Å². The Morgan fingerprint density at radius 2 is 2.20 bits per heavy atom. The van der Waals surface area contributed by atoms with Crippen molar-refractivity contribution in [3.63, 3.8) is 0 Å². The number of nitro groups is 1. The second-order valence-corrected chi connectivity index (χ2v) is 5.34. The molecular weight excluding hydrogens is 260 g/mol. The van der Waals surface area contributed by atoms with Crippen molar-refractivity contribution in [1.29, 1.82) is 0 Å². The summed E-state index contributed by atoms with van der Waals surface area (Å²) in [5, 5.41) is 16.8. The number of aromatic nitrogens is 1. The Morgan fingerprint density at radius 3 is 2.75 bits per heavy atom. The van der Waals surface area contributed by atoms with E-state index in [-0.39, 0.29) is 17.6 Å². The van der Waals surface area contributed by atoms with Crippen LogP contribution in [0.5, 0.6) is 0 Å². The number of hydrogen-bond acceptors (Lipinski definition) is 4. The van der Waals surface area contributed by atoms with Gasteiger partial charge in [-0.15, -0.1) is 0 Å². The van der Waals surface area contributed by atoms with Gasteiger partial charge in [-0.1, -0.05) is 13.8 Å². The topological polar surface area (TPSA) is 89.2 Å². The van der Waals surface area contributed by atoms with Gasteiger partial charge in [0.2, 0.25) is 0 Å². The van der Waals surface area contributed by atoms with Crippen molar-refractivity contribution >= 4 is 11.6 Å². The Kier molecular flexibility index (Phi) is 4.39. The number of carbonyl (C=O) groups is 1. The lowest BCUT2D eigenvalue weighted by molar-refractivity contribution is -0.384. The molecule has 1 fully saturated rings. The highest BCUT2D eigenvalue weighted by Crippen LogP contribution is 2.37. The van der Waals surface area contributed by atoms with Gasteiger partial charge in [-0.05, 0) is 12.8 Å². The molecule has 0 saturated heterocycles. The zero-order chi connectivity index (χ0) is 14.7. The fourth-order valence-electron chi connectivity index (χ4n) is 2.03. The predicted molar refractivity (Wildman–Crippen MR) is 74.8 cm³/mol. The molecule has 110 valence electrons. The maximum absolute atomic E-state index is 12.1. The minimum Gasteiger partial charge on any atom is -0.349 e. The Labute approximate surface area is 117 Å². The molecule has 7 nitrogen and oxygen atoms in total. The highest BCUT2D eigenvalue weighted by molar-refractivity contribution is 5.93. The van der Waals surface area contributed by atoms with Crippen LogP contribution in [0.4, 0.5) is 5.69 Å². The molecule has 0 aromatic carbocycles. The summed E-state index contributed by atoms with van der Waals surface area (Å²) < 4.78 is 1.73. The molecule has 0 atom stereocenters. The molecule has 1 aromatic rings. The van der Waals surface area contributed by atoms with Crippen molar-refractivity contribution in [2.75, 3.05) is 13.1 Å². The summed E-state index contributed by atoms with van der Waals surface area (Å²) >= 11 is 0. The Hall–Kier alpha value is -1.89. The highest BCUT2D eigenvalue weighted by atomic mass is 16.6. The molecule has 2 N–H and O–H groups in total. The molecule has 1 aliphatic rings. The summed E-state index contributed by atoms with van der Waals surface area (Å²) in [7, 11) is 0. The van der Waals surface area contributed by atoms with Crippen molar-refractivity contribution in [2.45, 2.75) is 38.8 Å². The zero-order valence-electron chi connectivity index (χ0n) is 11.8. The number of rotatable bonds is 7. The zero-order valence-corrected chi connectivity index (χ0v) is 11.8. The number of nitrogens with zero attached hydrogens (tertiary/aromatic N) is 2. The number of carbonyl (C=O) groups excluding carboxylic acids is 1. The Bertz CT molecular complexity index is 506. The van der Waals surface area contributed by atoms with Gasteiger partial charge in [0, 0.05) is 31.2 Å². The van der Waals surface area contributed by atoms with Gasteiger partial charge in [0.15, 0.2) is 0 Å². The molecule has 2 rings (SSSR count). The first-order valence-electron chi connectivity index (χ1n) is 6.87. The standard InChI is InChI=1S/C13H20N4O3/c1-9(2)14-5-6-15-13(18)12-7-11(17(19)20)8-16(12)10-3-4-10/h7-10,14H,3-6H2,1-2H3,(H,15,18). The van der Waals surface area contributed by atoms with E-state index in [2.05, 4.69) is 10.6 Å². The van der Waals surface area contributed by atoms with E-state index in [4.69, 9.17) is 0 Å². The Balaban J connectivity index is 1.99. The van der Waals surface area contributed by atoms with Gasteiger partial charge in [-0.25, -0.2) is 0 Å². The van der Waals surface area contributed by atoms with E-state index in [1.165, 1.54) is 12.3 Å². The van der Waals surface area contributed by atoms with Crippen LogP contribution in [0.1, 0.15) is 43.2 Å². The van der Waals surface area contributed by atoms with Crippen LogP contribution in [-0.4, -0.2) is 34.5 Å². The minimum atomic E-state index is -0.462. The van der Waals surface area contributed by atoms with Crippen LogP contribution >= 0.6 is 0 Å². The first kappa shape index (κ1) is 14.5. The second-order valence-electron chi connectivity index (χ2n) is 5.34. The third kappa shape index (κ3) is 3.57. The summed E-state index contributed by atoms with van der Waals surface area (Å²) in [5.41, 5.74) is 0.353. The molecule has 7 heteroatoms. The number of hydrogen-bond donors (Lipinski definition) is 2. The third-order valence-corrected chi connectivity index (χ3v) is 3.18. The monoisotopic (exact) mass is 280 g/mol. The van der Waals surface area contributed by atoms with Crippen LogP contribution in [0.15, 0.2) is 12.3 Å². The van der Waals surface area contributed by atoms with E-state index in [1.54, 1.807) is 4.57 Å². The number of nitrogens with one attached hydrogen (secondary N) is 2. The lowest BCUT2D eigenvalue weighted by atomic mass is 10.3. The van der Waals surface area contributed by atoms with E-state index in [1.807, 2.05) is 13.8 Å². The summed E-state index contributed by atoms with van der Waals surface area (Å²) in [6.45, 7) is 5.24. The first-order chi connectivity index (χ1) is 9.49. The molecule has 0 aliphatic heterocycles. The van der Waals surface area contributed by atoms with Crippen molar-refractivity contribution < 1.29 is 9.72 Å². The summed E-state index contributed by atoms with van der Waals surface area (Å²) in [4.78, 5) is 22.5. The summed E-state index contributed by atoms with van der Waals surface area (Å²) in [6, 6.07) is 1.95. The van der Waals surface area contributed by atoms with Gasteiger partial charge in [0.1, 0.15) is 5.69 Å². The number of amides is 1. The molecule has 1 aliphatic carbocycles. The molecule has 0 spiro atoms. The quantitative estimate of drug-likeness (QED) is 0.449. The van der Waals surface area contributed by atoms with Crippen molar-refractivity contribution in [3.05, 3.63) is 28.1 Å². The maximum atomic E-state index is 12.1. The summed E-state index contributed by atoms with van der Waals surface area (Å²) in [5.74, 6) is -0.254. The molecule has 1 heterocycles. The van der Waals surface area contributed by atoms with Crippen LogP contribution < -0.4 is 10.6 Å². The summed E-state index contributed by atoms with van der Waals surface area (Å²) in [6.07, 6.45) is 3.40. The van der Waals surface area contributed by atoms with E-state index < -0.39 is 4.92 Å². The average Bonchev–Trinajstić information content (AvgIpc) is 3.12.